The Balaban J connectivity index is 1.58. The summed E-state index contributed by atoms with van der Waals surface area (Å²) in [5.74, 6) is 0.628. The number of halogens is 2. The third-order valence-corrected chi connectivity index (χ3v) is 5.19. The maximum absolute atomic E-state index is 12.6. The van der Waals surface area contributed by atoms with Gasteiger partial charge in [0.25, 0.3) is 5.56 Å². The highest BCUT2D eigenvalue weighted by Gasteiger charge is 2.22. The number of nitrogens with one attached hydrogen (secondary N) is 1. The second kappa shape index (κ2) is 7.23. The molecule has 1 N–H and O–H groups in total. The van der Waals surface area contributed by atoms with Crippen LogP contribution in [0.2, 0.25) is 10.0 Å². The van der Waals surface area contributed by atoms with Gasteiger partial charge in [-0.15, -0.1) is 0 Å². The second-order valence-corrected chi connectivity index (χ2v) is 7.25. The molecule has 2 heterocycles. The number of H-pyrrole nitrogens is 1. The highest BCUT2D eigenvalue weighted by molar-refractivity contribution is 6.35. The van der Waals surface area contributed by atoms with E-state index in [2.05, 4.69) is 14.9 Å². The van der Waals surface area contributed by atoms with Crippen LogP contribution in [0.25, 0.3) is 11.4 Å². The summed E-state index contributed by atoms with van der Waals surface area (Å²) in [6, 6.07) is 15.2. The van der Waals surface area contributed by atoms with Gasteiger partial charge in [0.2, 0.25) is 0 Å². The van der Waals surface area contributed by atoms with Crippen molar-refractivity contribution in [3.8, 4) is 11.4 Å². The van der Waals surface area contributed by atoms with Gasteiger partial charge in [0, 0.05) is 41.7 Å². The molecular weight excluding hydrogens is 369 g/mol. The minimum atomic E-state index is -0.0687. The first-order chi connectivity index (χ1) is 12.6. The van der Waals surface area contributed by atoms with E-state index < -0.39 is 0 Å². The van der Waals surface area contributed by atoms with Gasteiger partial charge in [0.1, 0.15) is 5.82 Å². The minimum absolute atomic E-state index is 0.0687. The molecule has 3 aromatic rings. The Morgan fingerprint density at radius 3 is 2.69 bits per heavy atom. The summed E-state index contributed by atoms with van der Waals surface area (Å²) in [6.07, 6.45) is 0.740. The van der Waals surface area contributed by atoms with Gasteiger partial charge < -0.3 is 4.98 Å². The van der Waals surface area contributed by atoms with Crippen molar-refractivity contribution in [1.29, 1.82) is 0 Å². The molecule has 0 fully saturated rings. The predicted molar refractivity (Wildman–Crippen MR) is 105 cm³/mol. The highest BCUT2D eigenvalue weighted by Crippen LogP contribution is 2.25. The van der Waals surface area contributed by atoms with Gasteiger partial charge in [0.05, 0.1) is 11.3 Å². The standard InChI is InChI=1S/C20H17Cl2N3O/c21-15-7-6-14(17(22)10-15)11-25-9-8-18-16(12-25)20(26)24-19(23-18)13-4-2-1-3-5-13/h1-7,10H,8-9,11-12H2,(H,23,24,26). The number of aromatic amines is 1. The number of benzene rings is 2. The lowest BCUT2D eigenvalue weighted by Crippen LogP contribution is -2.35. The Kier molecular flexibility index (Phi) is 4.81. The van der Waals surface area contributed by atoms with Crippen molar-refractivity contribution < 1.29 is 0 Å². The molecule has 0 radical (unpaired) electrons. The Morgan fingerprint density at radius 1 is 1.12 bits per heavy atom. The average Bonchev–Trinajstić information content (AvgIpc) is 2.65. The highest BCUT2D eigenvalue weighted by atomic mass is 35.5. The monoisotopic (exact) mass is 385 g/mol. The summed E-state index contributed by atoms with van der Waals surface area (Å²) in [7, 11) is 0. The summed E-state index contributed by atoms with van der Waals surface area (Å²) in [5, 5.41) is 1.27. The Morgan fingerprint density at radius 2 is 1.92 bits per heavy atom. The van der Waals surface area contributed by atoms with Crippen molar-refractivity contribution in [2.45, 2.75) is 19.5 Å². The second-order valence-electron chi connectivity index (χ2n) is 6.40. The van der Waals surface area contributed by atoms with Crippen LogP contribution in [-0.4, -0.2) is 21.4 Å². The van der Waals surface area contributed by atoms with Crippen LogP contribution in [0.15, 0.2) is 53.3 Å². The van der Waals surface area contributed by atoms with E-state index in [0.717, 1.165) is 35.3 Å². The van der Waals surface area contributed by atoms with Crippen LogP contribution in [0.5, 0.6) is 0 Å². The van der Waals surface area contributed by atoms with Crippen molar-refractivity contribution in [2.75, 3.05) is 6.54 Å². The fourth-order valence-electron chi connectivity index (χ4n) is 3.24. The molecule has 0 unspecified atom stereocenters. The molecular formula is C20H17Cl2N3O. The summed E-state index contributed by atoms with van der Waals surface area (Å²) in [4.78, 5) is 22.4. The molecule has 0 atom stereocenters. The lowest BCUT2D eigenvalue weighted by atomic mass is 10.1. The minimum Gasteiger partial charge on any atom is -0.306 e. The van der Waals surface area contributed by atoms with Gasteiger partial charge in [-0.3, -0.25) is 9.69 Å². The van der Waals surface area contributed by atoms with Crippen molar-refractivity contribution in [3.05, 3.63) is 85.8 Å². The largest absolute Gasteiger partial charge is 0.306 e. The molecule has 0 aliphatic carbocycles. The molecule has 4 nitrogen and oxygen atoms in total. The topological polar surface area (TPSA) is 49.0 Å². The fourth-order valence-corrected chi connectivity index (χ4v) is 3.71. The van der Waals surface area contributed by atoms with E-state index in [9.17, 15) is 4.79 Å². The molecule has 26 heavy (non-hydrogen) atoms. The zero-order chi connectivity index (χ0) is 18.1. The molecule has 0 bridgehead atoms. The SMILES string of the molecule is O=c1[nH]c(-c2ccccc2)nc2c1CN(Cc1ccc(Cl)cc1Cl)CC2. The third-order valence-electron chi connectivity index (χ3n) is 4.60. The Labute approximate surface area is 161 Å². The molecule has 2 aromatic carbocycles. The van der Waals surface area contributed by atoms with E-state index in [4.69, 9.17) is 23.2 Å². The Bertz CT molecular complexity index is 1000. The molecule has 1 aliphatic rings. The van der Waals surface area contributed by atoms with E-state index in [1.54, 1.807) is 6.07 Å². The molecule has 6 heteroatoms. The molecule has 132 valence electrons. The van der Waals surface area contributed by atoms with Gasteiger partial charge in [-0.25, -0.2) is 4.98 Å². The predicted octanol–water partition coefficient (Wildman–Crippen LogP) is 4.30. The maximum atomic E-state index is 12.6. The van der Waals surface area contributed by atoms with Crippen LogP contribution in [0.3, 0.4) is 0 Å². The average molecular weight is 386 g/mol. The van der Waals surface area contributed by atoms with Gasteiger partial charge in [0.15, 0.2) is 0 Å². The lowest BCUT2D eigenvalue weighted by molar-refractivity contribution is 0.242. The number of hydrogen-bond acceptors (Lipinski definition) is 3. The van der Waals surface area contributed by atoms with Crippen LogP contribution in [0.1, 0.15) is 16.8 Å². The Hall–Kier alpha value is -2.14. The zero-order valence-corrected chi connectivity index (χ0v) is 15.5. The molecule has 0 saturated heterocycles. The smallest absolute Gasteiger partial charge is 0.255 e. The van der Waals surface area contributed by atoms with Gasteiger partial charge >= 0.3 is 0 Å². The molecule has 0 spiro atoms. The van der Waals surface area contributed by atoms with E-state index in [1.165, 1.54) is 0 Å². The molecule has 0 saturated carbocycles. The van der Waals surface area contributed by atoms with E-state index in [1.807, 2.05) is 42.5 Å². The van der Waals surface area contributed by atoms with Gasteiger partial charge in [-0.2, -0.15) is 0 Å². The molecule has 0 amide bonds. The summed E-state index contributed by atoms with van der Waals surface area (Å²) < 4.78 is 0. The molecule has 4 rings (SSSR count). The van der Waals surface area contributed by atoms with E-state index in [0.29, 0.717) is 29.0 Å². The van der Waals surface area contributed by atoms with Crippen LogP contribution in [-0.2, 0) is 19.5 Å². The van der Waals surface area contributed by atoms with E-state index in [-0.39, 0.29) is 5.56 Å². The first kappa shape index (κ1) is 17.3. The number of rotatable bonds is 3. The van der Waals surface area contributed by atoms with Crippen LogP contribution >= 0.6 is 23.2 Å². The summed E-state index contributed by atoms with van der Waals surface area (Å²) in [5.41, 5.74) is 3.47. The van der Waals surface area contributed by atoms with Crippen LogP contribution in [0.4, 0.5) is 0 Å². The lowest BCUT2D eigenvalue weighted by Gasteiger charge is -2.28. The van der Waals surface area contributed by atoms with E-state index >= 15 is 0 Å². The normalized spacial score (nSPS) is 14.2. The summed E-state index contributed by atoms with van der Waals surface area (Å²) >= 11 is 12.2. The van der Waals surface area contributed by atoms with Crippen LogP contribution < -0.4 is 5.56 Å². The number of hydrogen-bond donors (Lipinski definition) is 1. The van der Waals surface area contributed by atoms with Gasteiger partial charge in [-0.05, 0) is 17.7 Å². The van der Waals surface area contributed by atoms with Crippen molar-refractivity contribution >= 4 is 23.2 Å². The van der Waals surface area contributed by atoms with Gasteiger partial charge in [-0.1, -0.05) is 59.6 Å². The number of nitrogens with zero attached hydrogens (tertiary/aromatic N) is 2. The van der Waals surface area contributed by atoms with Crippen molar-refractivity contribution in [1.82, 2.24) is 14.9 Å². The maximum Gasteiger partial charge on any atom is 0.255 e. The quantitative estimate of drug-likeness (QED) is 0.730. The third kappa shape index (κ3) is 3.54. The van der Waals surface area contributed by atoms with Crippen molar-refractivity contribution in [3.63, 3.8) is 0 Å². The molecule has 1 aliphatic heterocycles. The summed E-state index contributed by atoms with van der Waals surface area (Å²) in [6.45, 7) is 2.07. The van der Waals surface area contributed by atoms with Crippen LogP contribution in [0, 0.1) is 0 Å². The fraction of sp³-hybridized carbons (Fsp3) is 0.200. The first-order valence-electron chi connectivity index (χ1n) is 8.44. The first-order valence-corrected chi connectivity index (χ1v) is 9.19. The van der Waals surface area contributed by atoms with Crippen molar-refractivity contribution in [2.24, 2.45) is 0 Å². The zero-order valence-electron chi connectivity index (χ0n) is 14.0. The molecule has 1 aromatic heterocycles. The number of aromatic nitrogens is 2. The number of fused-ring (bicyclic) bond motifs is 1.